The Bertz CT molecular complexity index is 1020. The molecule has 1 aromatic carbocycles. The number of aromatic nitrogens is 5. The van der Waals surface area contributed by atoms with Gasteiger partial charge in [0.25, 0.3) is 0 Å². The molecule has 3 rings (SSSR count). The molecule has 0 amide bonds. The summed E-state index contributed by atoms with van der Waals surface area (Å²) in [5.41, 5.74) is 1.31. The van der Waals surface area contributed by atoms with Crippen LogP contribution in [0.15, 0.2) is 42.6 Å². The van der Waals surface area contributed by atoms with Crippen molar-refractivity contribution < 1.29 is 24.2 Å². The molecule has 0 bridgehead atoms. The van der Waals surface area contributed by atoms with Gasteiger partial charge in [-0.25, -0.2) is 4.79 Å². The number of aliphatic hydroxyl groups is 1. The van der Waals surface area contributed by atoms with Crippen molar-refractivity contribution in [3.05, 3.63) is 65.2 Å². The van der Waals surface area contributed by atoms with Gasteiger partial charge in [-0.1, -0.05) is 12.1 Å². The lowest BCUT2D eigenvalue weighted by Gasteiger charge is -2.08. The van der Waals surface area contributed by atoms with Gasteiger partial charge in [0.2, 0.25) is 11.6 Å². The van der Waals surface area contributed by atoms with Crippen LogP contribution in [0.25, 0.3) is 5.76 Å². The second kappa shape index (κ2) is 8.83. The molecular formula is C19H19N5O5. The summed E-state index contributed by atoms with van der Waals surface area (Å²) in [5, 5.41) is 22.8. The maximum Gasteiger partial charge on any atom is 0.339 e. The first-order chi connectivity index (χ1) is 14.0. The number of nitrogens with zero attached hydrogens (tertiary/aromatic N) is 4. The second-order valence-corrected chi connectivity index (χ2v) is 5.94. The van der Waals surface area contributed by atoms with E-state index in [1.165, 1.54) is 12.3 Å². The maximum atomic E-state index is 12.7. The summed E-state index contributed by atoms with van der Waals surface area (Å²) < 4.78 is 11.8. The minimum atomic E-state index is -0.540. The minimum absolute atomic E-state index is 0.114. The summed E-state index contributed by atoms with van der Waals surface area (Å²) in [6, 6.07) is 8.72. The fourth-order valence-electron chi connectivity index (χ4n) is 2.64. The highest BCUT2D eigenvalue weighted by Crippen LogP contribution is 2.18. The third-order valence-electron chi connectivity index (χ3n) is 4.01. The summed E-state index contributed by atoms with van der Waals surface area (Å²) in [7, 11) is 1.58. The summed E-state index contributed by atoms with van der Waals surface area (Å²) in [4.78, 5) is 24.9. The molecule has 29 heavy (non-hydrogen) atoms. The summed E-state index contributed by atoms with van der Waals surface area (Å²) in [6.45, 7) is 2.23. The zero-order chi connectivity index (χ0) is 20.8. The highest BCUT2D eigenvalue weighted by molar-refractivity contribution is 6.08. The van der Waals surface area contributed by atoms with Crippen LogP contribution < -0.4 is 4.74 Å². The summed E-state index contributed by atoms with van der Waals surface area (Å²) in [5.74, 6) is -0.925. The molecule has 0 saturated carbocycles. The van der Waals surface area contributed by atoms with Gasteiger partial charge in [-0.3, -0.25) is 4.79 Å². The van der Waals surface area contributed by atoms with Gasteiger partial charge in [0.05, 0.1) is 25.0 Å². The van der Waals surface area contributed by atoms with Crippen LogP contribution in [0.1, 0.15) is 39.2 Å². The van der Waals surface area contributed by atoms with Crippen molar-refractivity contribution in [1.82, 2.24) is 25.2 Å². The topological polar surface area (TPSA) is 132 Å². The van der Waals surface area contributed by atoms with Gasteiger partial charge in [0.15, 0.2) is 5.76 Å². The van der Waals surface area contributed by atoms with E-state index < -0.39 is 17.5 Å². The molecule has 0 spiro atoms. The van der Waals surface area contributed by atoms with E-state index in [2.05, 4.69) is 20.6 Å². The fraction of sp³-hybridized carbons (Fsp3) is 0.211. The first-order valence-corrected chi connectivity index (χ1v) is 8.70. The molecule has 0 unspecified atom stereocenters. The molecule has 2 N–H and O–H groups in total. The number of tetrazole rings is 1. The van der Waals surface area contributed by atoms with Gasteiger partial charge in [-0.05, 0) is 35.9 Å². The molecule has 0 saturated heterocycles. The van der Waals surface area contributed by atoms with E-state index in [1.54, 1.807) is 30.7 Å². The van der Waals surface area contributed by atoms with E-state index in [1.807, 2.05) is 12.1 Å². The first-order valence-electron chi connectivity index (χ1n) is 8.70. The number of esters is 1. The predicted octanol–water partition coefficient (Wildman–Crippen LogP) is 2.02. The highest BCUT2D eigenvalue weighted by atomic mass is 16.5. The SMILES string of the molecule is CCOC(=O)c1cc(C(=O)C=C(O)c2nn[nH]n2)n(Cc2ccc(OC)cc2)c1. The van der Waals surface area contributed by atoms with Crippen molar-refractivity contribution in [2.24, 2.45) is 0 Å². The Labute approximate surface area is 165 Å². The molecule has 0 radical (unpaired) electrons. The van der Waals surface area contributed by atoms with Crippen LogP contribution in [0.5, 0.6) is 5.75 Å². The zero-order valence-electron chi connectivity index (χ0n) is 15.8. The summed E-state index contributed by atoms with van der Waals surface area (Å²) in [6.07, 6.45) is 2.51. The molecule has 0 atom stereocenters. The number of carbonyl (C=O) groups is 2. The predicted molar refractivity (Wildman–Crippen MR) is 102 cm³/mol. The standard InChI is InChI=1S/C19H19N5O5/c1-3-29-19(27)13-8-15(16(25)9-17(26)18-20-22-23-21-18)24(11-13)10-12-4-6-14(28-2)7-5-12/h4-9,11,26H,3,10H2,1-2H3,(H,20,21,22,23). The van der Waals surface area contributed by atoms with Crippen LogP contribution in [-0.2, 0) is 11.3 Å². The average Bonchev–Trinajstić information content (AvgIpc) is 3.39. The number of methoxy groups -OCH3 is 1. The van der Waals surface area contributed by atoms with Crippen molar-refractivity contribution in [2.45, 2.75) is 13.5 Å². The molecule has 0 fully saturated rings. The van der Waals surface area contributed by atoms with E-state index in [0.717, 1.165) is 11.6 Å². The molecule has 2 heterocycles. The van der Waals surface area contributed by atoms with Crippen LogP contribution >= 0.6 is 0 Å². The maximum absolute atomic E-state index is 12.7. The third-order valence-corrected chi connectivity index (χ3v) is 4.01. The van der Waals surface area contributed by atoms with Gasteiger partial charge in [-0.2, -0.15) is 5.21 Å². The van der Waals surface area contributed by atoms with E-state index in [9.17, 15) is 14.7 Å². The van der Waals surface area contributed by atoms with Gasteiger partial charge in [-0.15, -0.1) is 10.2 Å². The number of aliphatic hydroxyl groups excluding tert-OH is 1. The zero-order valence-corrected chi connectivity index (χ0v) is 15.8. The van der Waals surface area contributed by atoms with E-state index in [-0.39, 0.29) is 23.7 Å². The Morgan fingerprint density at radius 2 is 2.03 bits per heavy atom. The van der Waals surface area contributed by atoms with Crippen LogP contribution in [0.4, 0.5) is 0 Å². The number of aromatic amines is 1. The number of hydrogen-bond donors (Lipinski definition) is 2. The quantitative estimate of drug-likeness (QED) is 0.255. The Morgan fingerprint density at radius 3 is 2.66 bits per heavy atom. The number of ketones is 1. The Kier molecular flexibility index (Phi) is 6.03. The van der Waals surface area contributed by atoms with Gasteiger partial charge < -0.3 is 19.1 Å². The first kappa shape index (κ1) is 19.8. The lowest BCUT2D eigenvalue weighted by Crippen LogP contribution is -2.08. The second-order valence-electron chi connectivity index (χ2n) is 5.94. The summed E-state index contributed by atoms with van der Waals surface area (Å²) >= 11 is 0. The number of carbonyl (C=O) groups excluding carboxylic acids is 2. The normalized spacial score (nSPS) is 11.3. The highest BCUT2D eigenvalue weighted by Gasteiger charge is 2.19. The molecule has 150 valence electrons. The van der Waals surface area contributed by atoms with Crippen molar-refractivity contribution in [1.29, 1.82) is 0 Å². The Hall–Kier alpha value is -3.95. The number of allylic oxidation sites excluding steroid dienone is 1. The lowest BCUT2D eigenvalue weighted by molar-refractivity contribution is 0.0526. The van der Waals surface area contributed by atoms with Gasteiger partial charge >= 0.3 is 5.97 Å². The van der Waals surface area contributed by atoms with Crippen LogP contribution in [0, 0.1) is 0 Å². The van der Waals surface area contributed by atoms with Crippen molar-refractivity contribution in [3.63, 3.8) is 0 Å². The molecule has 3 aromatic rings. The fourth-order valence-corrected chi connectivity index (χ4v) is 2.64. The number of ether oxygens (including phenoxy) is 2. The molecule has 0 aliphatic heterocycles. The molecule has 10 nitrogen and oxygen atoms in total. The number of hydrogen-bond acceptors (Lipinski definition) is 8. The number of nitrogens with one attached hydrogen (secondary N) is 1. The van der Waals surface area contributed by atoms with Crippen molar-refractivity contribution in [3.8, 4) is 5.75 Å². The number of H-pyrrole nitrogens is 1. The van der Waals surface area contributed by atoms with Crippen LogP contribution in [0.3, 0.4) is 0 Å². The van der Waals surface area contributed by atoms with Gasteiger partial charge in [0.1, 0.15) is 5.75 Å². The van der Waals surface area contributed by atoms with E-state index in [4.69, 9.17) is 9.47 Å². The van der Waals surface area contributed by atoms with E-state index in [0.29, 0.717) is 12.3 Å². The molecular weight excluding hydrogens is 378 g/mol. The monoisotopic (exact) mass is 397 g/mol. The van der Waals surface area contributed by atoms with Crippen LogP contribution in [-0.4, -0.2) is 55.8 Å². The van der Waals surface area contributed by atoms with Crippen molar-refractivity contribution in [2.75, 3.05) is 13.7 Å². The minimum Gasteiger partial charge on any atom is -0.504 e. The third kappa shape index (κ3) is 4.67. The lowest BCUT2D eigenvalue weighted by atomic mass is 10.2. The number of benzene rings is 1. The molecule has 0 aliphatic rings. The van der Waals surface area contributed by atoms with Crippen molar-refractivity contribution >= 4 is 17.5 Å². The van der Waals surface area contributed by atoms with Crippen LogP contribution in [0.2, 0.25) is 0 Å². The molecule has 10 heteroatoms. The van der Waals surface area contributed by atoms with Gasteiger partial charge in [0, 0.05) is 18.8 Å². The largest absolute Gasteiger partial charge is 0.504 e. The van der Waals surface area contributed by atoms with E-state index >= 15 is 0 Å². The molecule has 2 aromatic heterocycles. The number of rotatable bonds is 8. The Balaban J connectivity index is 1.93. The smallest absolute Gasteiger partial charge is 0.339 e. The Morgan fingerprint density at radius 1 is 1.28 bits per heavy atom. The molecule has 0 aliphatic carbocycles. The average molecular weight is 397 g/mol.